The summed E-state index contributed by atoms with van der Waals surface area (Å²) >= 11 is 1.27. The van der Waals surface area contributed by atoms with Gasteiger partial charge in [-0.3, -0.25) is 4.79 Å². The average molecular weight is 292 g/mol. The van der Waals surface area contributed by atoms with Crippen LogP contribution in [0.2, 0.25) is 0 Å². The van der Waals surface area contributed by atoms with Crippen LogP contribution in [0, 0.1) is 0 Å². The summed E-state index contributed by atoms with van der Waals surface area (Å²) in [5.41, 5.74) is 6.28. The molecule has 7 nitrogen and oxygen atoms in total. The Hall–Kier alpha value is -2.09. The van der Waals surface area contributed by atoms with Crippen LogP contribution in [0.3, 0.4) is 0 Å². The Balaban J connectivity index is 2.37. The predicted octanol–water partition coefficient (Wildman–Crippen LogP) is 1.29. The van der Waals surface area contributed by atoms with E-state index in [4.69, 9.17) is 5.73 Å². The summed E-state index contributed by atoms with van der Waals surface area (Å²) < 4.78 is 0. The molecule has 0 radical (unpaired) electrons. The summed E-state index contributed by atoms with van der Waals surface area (Å²) in [6.07, 6.45) is 2.27. The summed E-state index contributed by atoms with van der Waals surface area (Å²) in [5.74, 6) is 0.994. The van der Waals surface area contributed by atoms with Gasteiger partial charge in [-0.15, -0.1) is 0 Å². The number of nitrogen functional groups attached to an aromatic ring is 1. The lowest BCUT2D eigenvalue weighted by molar-refractivity contribution is 0.911. The van der Waals surface area contributed by atoms with Gasteiger partial charge in [-0.05, 0) is 25.1 Å². The first-order valence-electron chi connectivity index (χ1n) is 6.26. The van der Waals surface area contributed by atoms with Crippen LogP contribution in [-0.4, -0.2) is 26.5 Å². The number of aromatic nitrogens is 4. The maximum atomic E-state index is 11.4. The monoisotopic (exact) mass is 292 g/mol. The lowest BCUT2D eigenvalue weighted by atomic mass is 10.2. The lowest BCUT2D eigenvalue weighted by Gasteiger charge is -2.11. The van der Waals surface area contributed by atoms with E-state index in [0.717, 1.165) is 29.4 Å². The Labute approximate surface area is 120 Å². The third-order valence-corrected chi connectivity index (χ3v) is 3.47. The fraction of sp³-hybridized carbons (Fsp3) is 0.333. The molecule has 4 N–H and O–H groups in total. The van der Waals surface area contributed by atoms with Crippen molar-refractivity contribution >= 4 is 23.4 Å². The molecule has 0 aliphatic rings. The molecule has 0 unspecified atom stereocenters. The molecular weight excluding hydrogens is 276 g/mol. The third-order valence-electron chi connectivity index (χ3n) is 2.54. The van der Waals surface area contributed by atoms with Gasteiger partial charge in [-0.2, -0.15) is 0 Å². The van der Waals surface area contributed by atoms with Crippen LogP contribution in [0.4, 0.5) is 11.6 Å². The van der Waals surface area contributed by atoms with Crippen molar-refractivity contribution in [2.45, 2.75) is 30.5 Å². The van der Waals surface area contributed by atoms with Crippen molar-refractivity contribution in [3.8, 4) is 0 Å². The minimum Gasteiger partial charge on any atom is -0.383 e. The van der Waals surface area contributed by atoms with Gasteiger partial charge in [0.15, 0.2) is 5.16 Å². The minimum absolute atomic E-state index is 0.190. The Bertz CT molecular complexity index is 657. The van der Waals surface area contributed by atoms with E-state index in [-0.39, 0.29) is 11.4 Å². The van der Waals surface area contributed by atoms with E-state index in [0.29, 0.717) is 5.16 Å². The zero-order valence-electron chi connectivity index (χ0n) is 11.3. The second kappa shape index (κ2) is 6.38. The van der Waals surface area contributed by atoms with Crippen LogP contribution in [0.1, 0.15) is 19.4 Å². The molecule has 0 aliphatic carbocycles. The number of rotatable bonds is 5. The topological polar surface area (TPSA) is 110 Å². The number of nitrogens with one attached hydrogen (secondary N) is 2. The molecule has 2 aromatic rings. The van der Waals surface area contributed by atoms with Gasteiger partial charge in [0, 0.05) is 18.2 Å². The van der Waals surface area contributed by atoms with E-state index in [1.807, 2.05) is 13.8 Å². The van der Waals surface area contributed by atoms with Gasteiger partial charge in [-0.25, -0.2) is 15.0 Å². The number of nitrogens with zero attached hydrogens (tertiary/aromatic N) is 3. The van der Waals surface area contributed by atoms with E-state index in [1.165, 1.54) is 24.2 Å². The van der Waals surface area contributed by atoms with Crippen LogP contribution in [0.25, 0.3) is 0 Å². The molecule has 0 fully saturated rings. The summed E-state index contributed by atoms with van der Waals surface area (Å²) in [6, 6.07) is 1.24. The number of nitrogens with two attached hydrogens (primary N) is 1. The van der Waals surface area contributed by atoms with E-state index >= 15 is 0 Å². The quantitative estimate of drug-likeness (QED) is 0.562. The Morgan fingerprint density at radius 3 is 2.85 bits per heavy atom. The molecular formula is C12H16N6OS. The molecule has 0 amide bonds. The molecule has 0 bridgehead atoms. The summed E-state index contributed by atoms with van der Waals surface area (Å²) in [7, 11) is 0. The highest BCUT2D eigenvalue weighted by molar-refractivity contribution is 7.99. The second-order valence-electron chi connectivity index (χ2n) is 3.97. The first-order valence-corrected chi connectivity index (χ1v) is 7.08. The highest BCUT2D eigenvalue weighted by Crippen LogP contribution is 2.29. The standard InChI is InChI=1S/C12H16N6OS/c1-3-7-10(14-4-2)15-6-16-11(7)20-12-17-8(13)5-9(19)18-12/h5-6H,3-4H2,1-2H3,(H,14,15,16)(H3,13,17,18,19). The molecule has 0 atom stereocenters. The van der Waals surface area contributed by atoms with Crippen LogP contribution in [0.5, 0.6) is 0 Å². The summed E-state index contributed by atoms with van der Waals surface area (Å²) in [4.78, 5) is 26.6. The number of aromatic amines is 1. The normalized spacial score (nSPS) is 10.5. The first kappa shape index (κ1) is 14.3. The largest absolute Gasteiger partial charge is 0.383 e. The van der Waals surface area contributed by atoms with Gasteiger partial charge in [0.05, 0.1) is 0 Å². The fourth-order valence-corrected chi connectivity index (χ4v) is 2.67. The maximum Gasteiger partial charge on any atom is 0.253 e. The predicted molar refractivity (Wildman–Crippen MR) is 79.0 cm³/mol. The van der Waals surface area contributed by atoms with Gasteiger partial charge in [0.25, 0.3) is 5.56 Å². The lowest BCUT2D eigenvalue weighted by Crippen LogP contribution is -2.10. The Kier molecular flexibility index (Phi) is 4.57. The highest BCUT2D eigenvalue weighted by Gasteiger charge is 2.12. The Morgan fingerprint density at radius 1 is 1.40 bits per heavy atom. The second-order valence-corrected chi connectivity index (χ2v) is 4.94. The zero-order chi connectivity index (χ0) is 14.5. The molecule has 0 spiro atoms. The number of hydrogen-bond acceptors (Lipinski definition) is 7. The molecule has 0 saturated heterocycles. The van der Waals surface area contributed by atoms with Crippen LogP contribution in [0.15, 0.2) is 27.4 Å². The Morgan fingerprint density at radius 2 is 2.20 bits per heavy atom. The van der Waals surface area contributed by atoms with Crippen molar-refractivity contribution in [2.75, 3.05) is 17.6 Å². The average Bonchev–Trinajstić information content (AvgIpc) is 2.38. The molecule has 106 valence electrons. The van der Waals surface area contributed by atoms with Crippen molar-refractivity contribution < 1.29 is 0 Å². The summed E-state index contributed by atoms with van der Waals surface area (Å²) in [6.45, 7) is 4.81. The van der Waals surface area contributed by atoms with Gasteiger partial charge in [0.1, 0.15) is 23.0 Å². The van der Waals surface area contributed by atoms with E-state index in [2.05, 4.69) is 25.3 Å². The molecule has 8 heteroatoms. The molecule has 20 heavy (non-hydrogen) atoms. The molecule has 2 rings (SSSR count). The highest BCUT2D eigenvalue weighted by atomic mass is 32.2. The zero-order valence-corrected chi connectivity index (χ0v) is 12.1. The molecule has 0 aliphatic heterocycles. The minimum atomic E-state index is -0.279. The number of hydrogen-bond donors (Lipinski definition) is 3. The van der Waals surface area contributed by atoms with Crippen molar-refractivity contribution in [1.82, 2.24) is 19.9 Å². The molecule has 2 heterocycles. The molecule has 0 aromatic carbocycles. The number of anilines is 2. The van der Waals surface area contributed by atoms with E-state index in [9.17, 15) is 4.79 Å². The molecule has 0 saturated carbocycles. The van der Waals surface area contributed by atoms with Crippen molar-refractivity contribution in [3.05, 3.63) is 28.3 Å². The van der Waals surface area contributed by atoms with Gasteiger partial charge in [0.2, 0.25) is 0 Å². The smallest absolute Gasteiger partial charge is 0.253 e. The van der Waals surface area contributed by atoms with Gasteiger partial charge < -0.3 is 16.0 Å². The number of H-pyrrole nitrogens is 1. The fourth-order valence-electron chi connectivity index (χ4n) is 1.72. The van der Waals surface area contributed by atoms with Crippen LogP contribution in [-0.2, 0) is 6.42 Å². The van der Waals surface area contributed by atoms with Crippen LogP contribution >= 0.6 is 11.8 Å². The van der Waals surface area contributed by atoms with Crippen LogP contribution < -0.4 is 16.6 Å². The van der Waals surface area contributed by atoms with Crippen molar-refractivity contribution in [1.29, 1.82) is 0 Å². The van der Waals surface area contributed by atoms with E-state index < -0.39 is 0 Å². The first-order chi connectivity index (χ1) is 9.63. The van der Waals surface area contributed by atoms with Gasteiger partial charge >= 0.3 is 0 Å². The van der Waals surface area contributed by atoms with Crippen molar-refractivity contribution in [3.63, 3.8) is 0 Å². The summed E-state index contributed by atoms with van der Waals surface area (Å²) in [5, 5.41) is 4.37. The maximum absolute atomic E-state index is 11.4. The van der Waals surface area contributed by atoms with Crippen molar-refractivity contribution in [2.24, 2.45) is 0 Å². The molecule has 2 aromatic heterocycles. The van der Waals surface area contributed by atoms with E-state index in [1.54, 1.807) is 0 Å². The SMILES string of the molecule is CCNc1ncnc(Sc2nc(N)cc(=O)[nH]2)c1CC. The third kappa shape index (κ3) is 3.27. The van der Waals surface area contributed by atoms with Gasteiger partial charge in [-0.1, -0.05) is 6.92 Å².